The Hall–Kier alpha value is -0.900. The monoisotopic (exact) mass is 234 g/mol. The molecule has 2 aliphatic heterocycles. The van der Waals surface area contributed by atoms with Gasteiger partial charge in [-0.1, -0.05) is 18.2 Å². The molecule has 1 aromatic carbocycles. The van der Waals surface area contributed by atoms with Crippen LogP contribution in [-0.2, 0) is 22.7 Å². The number of benzene rings is 1. The number of aliphatic hydroxyl groups excluding tert-OH is 1. The van der Waals surface area contributed by atoms with Crippen LogP contribution in [-0.4, -0.2) is 17.3 Å². The molecule has 3 rings (SSSR count). The van der Waals surface area contributed by atoms with Gasteiger partial charge in [-0.15, -0.1) is 0 Å². The molecule has 3 unspecified atom stereocenters. The van der Waals surface area contributed by atoms with Gasteiger partial charge in [0.1, 0.15) is 6.10 Å². The second kappa shape index (κ2) is 4.41. The van der Waals surface area contributed by atoms with Crippen molar-refractivity contribution >= 4 is 0 Å². The van der Waals surface area contributed by atoms with Crippen molar-refractivity contribution in [1.29, 1.82) is 0 Å². The van der Waals surface area contributed by atoms with Crippen LogP contribution in [0.3, 0.4) is 0 Å². The van der Waals surface area contributed by atoms with Crippen LogP contribution in [0.15, 0.2) is 18.2 Å². The van der Waals surface area contributed by atoms with Crippen LogP contribution >= 0.6 is 0 Å². The zero-order valence-electron chi connectivity index (χ0n) is 10.1. The van der Waals surface area contributed by atoms with Gasteiger partial charge in [-0.25, -0.2) is 0 Å². The zero-order chi connectivity index (χ0) is 11.8. The van der Waals surface area contributed by atoms with Crippen LogP contribution in [0.2, 0.25) is 0 Å². The molecule has 0 bridgehead atoms. The highest BCUT2D eigenvalue weighted by Crippen LogP contribution is 2.32. The second-order valence-corrected chi connectivity index (χ2v) is 5.03. The van der Waals surface area contributed by atoms with Gasteiger partial charge in [-0.05, 0) is 36.5 Å². The number of hydrogen-bond donors (Lipinski definition) is 1. The predicted molar refractivity (Wildman–Crippen MR) is 63.5 cm³/mol. The van der Waals surface area contributed by atoms with E-state index < -0.39 is 6.10 Å². The van der Waals surface area contributed by atoms with E-state index >= 15 is 0 Å². The first kappa shape index (κ1) is 11.2. The molecule has 0 spiro atoms. The Balaban J connectivity index is 1.79. The lowest BCUT2D eigenvalue weighted by molar-refractivity contribution is -0.0297. The first-order chi connectivity index (χ1) is 8.24. The fourth-order valence-corrected chi connectivity index (χ4v) is 2.66. The van der Waals surface area contributed by atoms with E-state index in [1.807, 2.05) is 6.07 Å². The van der Waals surface area contributed by atoms with Crippen molar-refractivity contribution in [3.8, 4) is 0 Å². The van der Waals surface area contributed by atoms with Gasteiger partial charge in [0.25, 0.3) is 0 Å². The molecular weight excluding hydrogens is 216 g/mol. The summed E-state index contributed by atoms with van der Waals surface area (Å²) in [7, 11) is 0. The van der Waals surface area contributed by atoms with E-state index in [0.29, 0.717) is 13.2 Å². The lowest BCUT2D eigenvalue weighted by Crippen LogP contribution is -2.18. The van der Waals surface area contributed by atoms with Crippen molar-refractivity contribution in [3.63, 3.8) is 0 Å². The van der Waals surface area contributed by atoms with Crippen LogP contribution in [0.5, 0.6) is 0 Å². The molecule has 1 aromatic rings. The van der Waals surface area contributed by atoms with E-state index in [0.717, 1.165) is 18.4 Å². The minimum absolute atomic E-state index is 0.0506. The molecule has 1 N–H and O–H groups in total. The molecule has 2 aliphatic rings. The van der Waals surface area contributed by atoms with Gasteiger partial charge in [0.15, 0.2) is 0 Å². The highest BCUT2D eigenvalue weighted by molar-refractivity contribution is 5.34. The van der Waals surface area contributed by atoms with Crippen LogP contribution in [0.25, 0.3) is 0 Å². The third-order valence-electron chi connectivity index (χ3n) is 3.70. The van der Waals surface area contributed by atoms with Crippen molar-refractivity contribution in [2.75, 3.05) is 0 Å². The normalized spacial score (nSPS) is 29.3. The summed E-state index contributed by atoms with van der Waals surface area (Å²) >= 11 is 0. The van der Waals surface area contributed by atoms with E-state index in [9.17, 15) is 5.11 Å². The van der Waals surface area contributed by atoms with Crippen LogP contribution in [0, 0.1) is 0 Å². The molecule has 3 nitrogen and oxygen atoms in total. The zero-order valence-corrected chi connectivity index (χ0v) is 10.1. The van der Waals surface area contributed by atoms with E-state index in [2.05, 4.69) is 19.1 Å². The molecular formula is C14H18O3. The Bertz CT molecular complexity index is 416. The van der Waals surface area contributed by atoms with Crippen LogP contribution in [0.1, 0.15) is 42.6 Å². The molecule has 0 amide bonds. The molecule has 2 heterocycles. The summed E-state index contributed by atoms with van der Waals surface area (Å²) in [6.07, 6.45) is 1.69. The third-order valence-corrected chi connectivity index (χ3v) is 3.70. The van der Waals surface area contributed by atoms with Crippen LogP contribution in [0.4, 0.5) is 0 Å². The standard InChI is InChI=1S/C14H18O3/c1-9-2-5-13(17-9)14(15)10-3-4-11-7-16-8-12(11)6-10/h3-4,6,9,13-15H,2,5,7-8H2,1H3. The van der Waals surface area contributed by atoms with Crippen molar-refractivity contribution < 1.29 is 14.6 Å². The first-order valence-corrected chi connectivity index (χ1v) is 6.27. The van der Waals surface area contributed by atoms with Gasteiger partial charge < -0.3 is 14.6 Å². The van der Waals surface area contributed by atoms with Gasteiger partial charge >= 0.3 is 0 Å². The van der Waals surface area contributed by atoms with Gasteiger partial charge in [0.05, 0.1) is 25.4 Å². The first-order valence-electron chi connectivity index (χ1n) is 6.27. The summed E-state index contributed by atoms with van der Waals surface area (Å²) in [5, 5.41) is 10.3. The van der Waals surface area contributed by atoms with Gasteiger partial charge in [-0.3, -0.25) is 0 Å². The molecule has 0 aliphatic carbocycles. The van der Waals surface area contributed by atoms with E-state index in [4.69, 9.17) is 9.47 Å². The molecule has 1 fully saturated rings. The molecule has 3 heteroatoms. The number of aliphatic hydroxyl groups is 1. The number of fused-ring (bicyclic) bond motifs is 1. The highest BCUT2D eigenvalue weighted by Gasteiger charge is 2.29. The maximum Gasteiger partial charge on any atom is 0.105 e. The predicted octanol–water partition coefficient (Wildman–Crippen LogP) is 2.32. The topological polar surface area (TPSA) is 38.7 Å². The number of rotatable bonds is 2. The highest BCUT2D eigenvalue weighted by atomic mass is 16.5. The molecule has 92 valence electrons. The minimum Gasteiger partial charge on any atom is -0.386 e. The summed E-state index contributed by atoms with van der Waals surface area (Å²) in [4.78, 5) is 0. The van der Waals surface area contributed by atoms with Crippen LogP contribution < -0.4 is 0 Å². The quantitative estimate of drug-likeness (QED) is 0.853. The Morgan fingerprint density at radius 2 is 2.06 bits per heavy atom. The molecule has 0 radical (unpaired) electrons. The lowest BCUT2D eigenvalue weighted by Gasteiger charge is -2.19. The summed E-state index contributed by atoms with van der Waals surface area (Å²) in [5.74, 6) is 0. The van der Waals surface area contributed by atoms with E-state index in [-0.39, 0.29) is 12.2 Å². The largest absolute Gasteiger partial charge is 0.386 e. The van der Waals surface area contributed by atoms with Crippen molar-refractivity contribution in [2.45, 2.75) is 51.3 Å². The SMILES string of the molecule is CC1CCC(C(O)c2ccc3c(c2)COC3)O1. The van der Waals surface area contributed by atoms with Crippen molar-refractivity contribution in [3.05, 3.63) is 34.9 Å². The number of ether oxygens (including phenoxy) is 2. The third kappa shape index (κ3) is 2.10. The Kier molecular flexibility index (Phi) is 2.90. The Labute approximate surface area is 101 Å². The summed E-state index contributed by atoms with van der Waals surface area (Å²) < 4.78 is 11.1. The average molecular weight is 234 g/mol. The molecule has 0 saturated carbocycles. The average Bonchev–Trinajstić information content (AvgIpc) is 2.95. The molecule has 0 aromatic heterocycles. The van der Waals surface area contributed by atoms with Gasteiger partial charge in [0.2, 0.25) is 0 Å². The Morgan fingerprint density at radius 1 is 1.24 bits per heavy atom. The molecule has 17 heavy (non-hydrogen) atoms. The van der Waals surface area contributed by atoms with Crippen molar-refractivity contribution in [2.24, 2.45) is 0 Å². The second-order valence-electron chi connectivity index (χ2n) is 5.03. The fourth-order valence-electron chi connectivity index (χ4n) is 2.66. The smallest absolute Gasteiger partial charge is 0.105 e. The maximum atomic E-state index is 10.3. The molecule has 3 atom stereocenters. The Morgan fingerprint density at radius 3 is 2.82 bits per heavy atom. The summed E-state index contributed by atoms with van der Waals surface area (Å²) in [6.45, 7) is 3.42. The maximum absolute atomic E-state index is 10.3. The fraction of sp³-hybridized carbons (Fsp3) is 0.571. The van der Waals surface area contributed by atoms with Gasteiger partial charge in [0, 0.05) is 0 Å². The summed E-state index contributed by atoms with van der Waals surface area (Å²) in [6, 6.07) is 6.10. The van der Waals surface area contributed by atoms with Gasteiger partial charge in [-0.2, -0.15) is 0 Å². The summed E-state index contributed by atoms with van der Waals surface area (Å²) in [5.41, 5.74) is 3.39. The number of hydrogen-bond acceptors (Lipinski definition) is 3. The van der Waals surface area contributed by atoms with E-state index in [1.54, 1.807) is 0 Å². The van der Waals surface area contributed by atoms with Crippen molar-refractivity contribution in [1.82, 2.24) is 0 Å². The van der Waals surface area contributed by atoms with E-state index in [1.165, 1.54) is 11.1 Å². The lowest BCUT2D eigenvalue weighted by atomic mass is 9.98. The molecule has 1 saturated heterocycles. The minimum atomic E-state index is -0.508.